The molecule has 0 saturated heterocycles. The SMILES string of the molecule is CCCCO[Si](C)(C)CCCN([Si](C)(C)C)[Si](C)(C)C. The summed E-state index contributed by atoms with van der Waals surface area (Å²) in [6, 6.07) is 1.31. The van der Waals surface area contributed by atoms with Gasteiger partial charge in [0.15, 0.2) is 8.32 Å². The Morgan fingerprint density at radius 3 is 1.70 bits per heavy atom. The van der Waals surface area contributed by atoms with E-state index < -0.39 is 24.8 Å². The van der Waals surface area contributed by atoms with Gasteiger partial charge >= 0.3 is 0 Å². The second kappa shape index (κ2) is 8.27. The molecule has 0 radical (unpaired) electrons. The Labute approximate surface area is 131 Å². The summed E-state index contributed by atoms with van der Waals surface area (Å²) in [6.45, 7) is 24.2. The molecule has 0 aromatic carbocycles. The van der Waals surface area contributed by atoms with Crippen molar-refractivity contribution < 1.29 is 4.43 Å². The summed E-state index contributed by atoms with van der Waals surface area (Å²) in [6.07, 6.45) is 3.77. The summed E-state index contributed by atoms with van der Waals surface area (Å²) in [4.78, 5) is 0. The van der Waals surface area contributed by atoms with Gasteiger partial charge < -0.3 is 8.66 Å². The van der Waals surface area contributed by atoms with Crippen molar-refractivity contribution in [2.75, 3.05) is 13.2 Å². The average Bonchev–Trinajstić information content (AvgIpc) is 2.21. The predicted octanol–water partition coefficient (Wildman–Crippen LogP) is 5.37. The summed E-state index contributed by atoms with van der Waals surface area (Å²) in [5.74, 6) is 0. The Morgan fingerprint density at radius 2 is 1.30 bits per heavy atom. The van der Waals surface area contributed by atoms with Crippen molar-refractivity contribution in [1.82, 2.24) is 4.23 Å². The number of hydrogen-bond acceptors (Lipinski definition) is 2. The van der Waals surface area contributed by atoms with Gasteiger partial charge in [0.1, 0.15) is 16.5 Å². The average molecular weight is 334 g/mol. The van der Waals surface area contributed by atoms with Crippen LogP contribution in [-0.4, -0.2) is 42.2 Å². The van der Waals surface area contributed by atoms with Gasteiger partial charge in [0.25, 0.3) is 0 Å². The van der Waals surface area contributed by atoms with Gasteiger partial charge in [-0.3, -0.25) is 0 Å². The van der Waals surface area contributed by atoms with Crippen molar-refractivity contribution in [1.29, 1.82) is 0 Å². The van der Waals surface area contributed by atoms with E-state index in [-0.39, 0.29) is 0 Å². The van der Waals surface area contributed by atoms with Crippen molar-refractivity contribution in [3.63, 3.8) is 0 Å². The zero-order chi connectivity index (χ0) is 16.0. The van der Waals surface area contributed by atoms with Crippen molar-refractivity contribution in [3.05, 3.63) is 0 Å². The first-order valence-electron chi connectivity index (χ1n) is 8.32. The second-order valence-electron chi connectivity index (χ2n) is 8.56. The van der Waals surface area contributed by atoms with Crippen LogP contribution in [0.3, 0.4) is 0 Å². The smallest absolute Gasteiger partial charge is 0.186 e. The molecule has 0 heterocycles. The maximum Gasteiger partial charge on any atom is 0.186 e. The van der Waals surface area contributed by atoms with Crippen LogP contribution < -0.4 is 0 Å². The zero-order valence-electron chi connectivity index (χ0n) is 15.6. The van der Waals surface area contributed by atoms with Crippen molar-refractivity contribution in [2.45, 2.75) is 84.6 Å². The Bertz CT molecular complexity index is 255. The highest BCUT2D eigenvalue weighted by molar-refractivity contribution is 6.89. The summed E-state index contributed by atoms with van der Waals surface area (Å²) < 4.78 is 9.07. The monoisotopic (exact) mass is 333 g/mol. The lowest BCUT2D eigenvalue weighted by molar-refractivity contribution is 0.297. The molecule has 0 bridgehead atoms. The Morgan fingerprint density at radius 1 is 0.800 bits per heavy atom. The van der Waals surface area contributed by atoms with Gasteiger partial charge in [-0.15, -0.1) is 0 Å². The van der Waals surface area contributed by atoms with E-state index in [0.717, 1.165) is 6.61 Å². The molecule has 0 fully saturated rings. The first kappa shape index (κ1) is 20.6. The van der Waals surface area contributed by atoms with E-state index in [1.807, 2.05) is 0 Å². The Kier molecular flexibility index (Phi) is 8.50. The van der Waals surface area contributed by atoms with Gasteiger partial charge in [0.2, 0.25) is 0 Å². The van der Waals surface area contributed by atoms with Gasteiger partial charge in [-0.2, -0.15) is 0 Å². The molecule has 0 spiro atoms. The quantitative estimate of drug-likeness (QED) is 0.393. The highest BCUT2D eigenvalue weighted by atomic mass is 28.4. The third-order valence-electron chi connectivity index (χ3n) is 3.77. The normalized spacial score (nSPS) is 14.1. The molecule has 0 amide bonds. The lowest BCUT2D eigenvalue weighted by Crippen LogP contribution is -2.59. The number of nitrogens with zero attached hydrogens (tertiary/aromatic N) is 1. The van der Waals surface area contributed by atoms with E-state index in [1.165, 1.54) is 31.9 Å². The third-order valence-corrected chi connectivity index (χ3v) is 14.0. The summed E-state index contributed by atoms with van der Waals surface area (Å²) in [5, 5.41) is 0. The first-order chi connectivity index (χ1) is 8.90. The molecule has 5 heteroatoms. The van der Waals surface area contributed by atoms with Crippen LogP contribution in [0.2, 0.25) is 58.4 Å². The largest absolute Gasteiger partial charge is 0.417 e. The van der Waals surface area contributed by atoms with Gasteiger partial charge in [0.05, 0.1) is 0 Å². The molecule has 0 unspecified atom stereocenters. The molecular formula is C15H39NOSi3. The highest BCUT2D eigenvalue weighted by Gasteiger charge is 2.34. The summed E-state index contributed by atoms with van der Waals surface area (Å²) in [7, 11) is -3.78. The Hall–Kier alpha value is 0.571. The van der Waals surface area contributed by atoms with Gasteiger partial charge in [-0.05, 0) is 38.5 Å². The molecule has 0 aromatic rings. The molecule has 0 aliphatic carbocycles. The minimum absolute atomic E-state index is 0.974. The summed E-state index contributed by atoms with van der Waals surface area (Å²) in [5.41, 5.74) is 0. The second-order valence-corrected chi connectivity index (χ2v) is 23.1. The van der Waals surface area contributed by atoms with Crippen molar-refractivity contribution >= 4 is 24.8 Å². The standard InChI is InChI=1S/C15H39NOSi3/c1-10-11-14-17-20(8,9)15-12-13-16(18(2,3)4)19(5,6)7/h10-15H2,1-9H3. The van der Waals surface area contributed by atoms with Crippen molar-refractivity contribution in [3.8, 4) is 0 Å². The Balaban J connectivity index is 4.31. The van der Waals surface area contributed by atoms with Gasteiger partial charge in [-0.1, -0.05) is 52.6 Å². The minimum Gasteiger partial charge on any atom is -0.417 e. The molecule has 0 aliphatic heterocycles. The minimum atomic E-state index is -1.42. The van der Waals surface area contributed by atoms with Crippen LogP contribution in [0, 0.1) is 0 Å². The fourth-order valence-corrected chi connectivity index (χ4v) is 14.5. The van der Waals surface area contributed by atoms with Crippen LogP contribution in [0.15, 0.2) is 0 Å². The van der Waals surface area contributed by atoms with Crippen LogP contribution >= 0.6 is 0 Å². The fraction of sp³-hybridized carbons (Fsp3) is 1.00. The molecule has 0 N–H and O–H groups in total. The topological polar surface area (TPSA) is 12.5 Å². The number of unbranched alkanes of at least 4 members (excludes halogenated alkanes) is 1. The first-order valence-corrected chi connectivity index (χ1v) is 18.3. The van der Waals surface area contributed by atoms with Crippen LogP contribution in [-0.2, 0) is 4.43 Å². The van der Waals surface area contributed by atoms with E-state index in [2.05, 4.69) is 63.5 Å². The highest BCUT2D eigenvalue weighted by Crippen LogP contribution is 2.22. The van der Waals surface area contributed by atoms with E-state index in [0.29, 0.717) is 0 Å². The van der Waals surface area contributed by atoms with Gasteiger partial charge in [-0.25, -0.2) is 0 Å². The molecule has 20 heavy (non-hydrogen) atoms. The number of hydrogen-bond donors (Lipinski definition) is 0. The lowest BCUT2D eigenvalue weighted by Gasteiger charge is -2.44. The maximum atomic E-state index is 6.17. The van der Waals surface area contributed by atoms with Crippen LogP contribution in [0.5, 0.6) is 0 Å². The lowest BCUT2D eigenvalue weighted by atomic mass is 10.4. The molecule has 0 rings (SSSR count). The zero-order valence-corrected chi connectivity index (χ0v) is 18.6. The maximum absolute atomic E-state index is 6.17. The van der Waals surface area contributed by atoms with Crippen LogP contribution in [0.1, 0.15) is 26.2 Å². The van der Waals surface area contributed by atoms with Gasteiger partial charge in [0, 0.05) is 6.61 Å². The molecule has 0 saturated carbocycles. The number of rotatable bonds is 10. The van der Waals surface area contributed by atoms with E-state index in [1.54, 1.807) is 0 Å². The van der Waals surface area contributed by atoms with Crippen LogP contribution in [0.25, 0.3) is 0 Å². The molecule has 0 atom stereocenters. The molecule has 122 valence electrons. The molecule has 0 aromatic heterocycles. The molecule has 0 aliphatic rings. The third kappa shape index (κ3) is 8.77. The van der Waals surface area contributed by atoms with E-state index in [9.17, 15) is 0 Å². The predicted molar refractivity (Wildman–Crippen MR) is 101 cm³/mol. The van der Waals surface area contributed by atoms with Crippen molar-refractivity contribution in [2.24, 2.45) is 0 Å². The van der Waals surface area contributed by atoms with E-state index >= 15 is 0 Å². The fourth-order valence-electron chi connectivity index (χ4n) is 2.90. The van der Waals surface area contributed by atoms with E-state index in [4.69, 9.17) is 4.43 Å². The molecule has 2 nitrogen and oxygen atoms in total. The molecular weight excluding hydrogens is 294 g/mol. The summed E-state index contributed by atoms with van der Waals surface area (Å²) >= 11 is 0. The van der Waals surface area contributed by atoms with Crippen LogP contribution in [0.4, 0.5) is 0 Å².